The Morgan fingerprint density at radius 2 is 1.84 bits per heavy atom. The molecule has 0 bridgehead atoms. The number of ether oxygens (including phenoxy) is 3. The molecule has 1 aromatic heterocycles. The minimum Gasteiger partial charge on any atom is -0.493 e. The van der Waals surface area contributed by atoms with Crippen molar-refractivity contribution in [2.75, 3.05) is 20.8 Å². The van der Waals surface area contributed by atoms with Crippen molar-refractivity contribution in [3.05, 3.63) is 30.1 Å². The molecule has 0 saturated carbocycles. The van der Waals surface area contributed by atoms with Gasteiger partial charge in [-0.05, 0) is 19.1 Å². The number of methoxy groups -OCH3 is 2. The Labute approximate surface area is 111 Å². The maximum atomic E-state index is 11.9. The van der Waals surface area contributed by atoms with Gasteiger partial charge in [-0.15, -0.1) is 0 Å². The number of carbonyl (C=O) groups is 1. The van der Waals surface area contributed by atoms with Crippen LogP contribution in [0, 0.1) is 0 Å². The van der Waals surface area contributed by atoms with E-state index in [-0.39, 0.29) is 0 Å². The molecule has 5 nitrogen and oxygen atoms in total. The summed E-state index contributed by atoms with van der Waals surface area (Å²) in [6.45, 7) is 2.09. The highest BCUT2D eigenvalue weighted by Crippen LogP contribution is 2.33. The van der Waals surface area contributed by atoms with Crippen LogP contribution in [0.3, 0.4) is 0 Å². The zero-order valence-electron chi connectivity index (χ0n) is 11.1. The Balaban J connectivity index is 2.64. The summed E-state index contributed by atoms with van der Waals surface area (Å²) in [4.78, 5) is 15.9. The topological polar surface area (TPSA) is 57.7 Å². The van der Waals surface area contributed by atoms with Gasteiger partial charge in [0.05, 0.1) is 26.4 Å². The average Bonchev–Trinajstić information content (AvgIpc) is 2.45. The van der Waals surface area contributed by atoms with Gasteiger partial charge in [0.15, 0.2) is 11.5 Å². The molecule has 0 unspecified atom stereocenters. The molecule has 0 fully saturated rings. The number of fused-ring (bicyclic) bond motifs is 1. The molecular formula is C14H15NO4. The van der Waals surface area contributed by atoms with E-state index in [1.165, 1.54) is 6.20 Å². The van der Waals surface area contributed by atoms with Crippen LogP contribution in [0.25, 0.3) is 10.8 Å². The summed E-state index contributed by atoms with van der Waals surface area (Å²) < 4.78 is 15.5. The molecule has 0 aliphatic carbocycles. The summed E-state index contributed by atoms with van der Waals surface area (Å²) in [5.41, 5.74) is 0.417. The molecule has 0 spiro atoms. The largest absolute Gasteiger partial charge is 0.493 e. The Bertz CT molecular complexity index is 610. The molecule has 0 aliphatic rings. The monoisotopic (exact) mass is 261 g/mol. The molecule has 0 N–H and O–H groups in total. The fourth-order valence-corrected chi connectivity index (χ4v) is 1.87. The van der Waals surface area contributed by atoms with E-state index >= 15 is 0 Å². The summed E-state index contributed by atoms with van der Waals surface area (Å²) in [5, 5.41) is 1.52. The highest BCUT2D eigenvalue weighted by atomic mass is 16.5. The molecule has 0 atom stereocenters. The van der Waals surface area contributed by atoms with Gasteiger partial charge in [-0.1, -0.05) is 0 Å². The van der Waals surface area contributed by atoms with Gasteiger partial charge in [0.1, 0.15) is 0 Å². The molecule has 0 aliphatic heterocycles. The van der Waals surface area contributed by atoms with E-state index in [9.17, 15) is 4.79 Å². The lowest BCUT2D eigenvalue weighted by Crippen LogP contribution is -2.06. The number of hydrogen-bond acceptors (Lipinski definition) is 5. The number of esters is 1. The van der Waals surface area contributed by atoms with Gasteiger partial charge in [-0.3, -0.25) is 4.98 Å². The fraction of sp³-hybridized carbons (Fsp3) is 0.286. The second-order valence-electron chi connectivity index (χ2n) is 3.84. The molecular weight excluding hydrogens is 246 g/mol. The normalized spacial score (nSPS) is 10.3. The second kappa shape index (κ2) is 5.56. The first-order chi connectivity index (χ1) is 9.21. The Kier molecular flexibility index (Phi) is 3.85. The minimum atomic E-state index is -0.396. The van der Waals surface area contributed by atoms with Crippen molar-refractivity contribution in [2.24, 2.45) is 0 Å². The first-order valence-electron chi connectivity index (χ1n) is 5.88. The summed E-state index contributed by atoms with van der Waals surface area (Å²) in [6, 6.07) is 3.53. The van der Waals surface area contributed by atoms with Crippen LogP contribution in [-0.2, 0) is 4.74 Å². The van der Waals surface area contributed by atoms with E-state index in [0.29, 0.717) is 23.7 Å². The SMILES string of the molecule is CCOC(=O)c1cncc2cc(OC)c(OC)cc12. The number of rotatable bonds is 4. The predicted molar refractivity (Wildman–Crippen MR) is 70.8 cm³/mol. The molecule has 5 heteroatoms. The van der Waals surface area contributed by atoms with Crippen LogP contribution in [0.1, 0.15) is 17.3 Å². The molecule has 100 valence electrons. The Hall–Kier alpha value is -2.30. The van der Waals surface area contributed by atoms with E-state index in [0.717, 1.165) is 10.8 Å². The summed E-state index contributed by atoms with van der Waals surface area (Å²) in [5.74, 6) is 0.761. The van der Waals surface area contributed by atoms with Crippen LogP contribution in [0.4, 0.5) is 0 Å². The number of hydrogen-bond donors (Lipinski definition) is 0. The van der Waals surface area contributed by atoms with Crippen molar-refractivity contribution >= 4 is 16.7 Å². The van der Waals surface area contributed by atoms with Crippen molar-refractivity contribution in [3.63, 3.8) is 0 Å². The van der Waals surface area contributed by atoms with Gasteiger partial charge in [0.2, 0.25) is 0 Å². The molecule has 0 amide bonds. The van der Waals surface area contributed by atoms with Crippen molar-refractivity contribution in [1.82, 2.24) is 4.98 Å². The van der Waals surface area contributed by atoms with E-state index < -0.39 is 5.97 Å². The summed E-state index contributed by atoms with van der Waals surface area (Å²) in [7, 11) is 3.11. The smallest absolute Gasteiger partial charge is 0.340 e. The number of pyridine rings is 1. The van der Waals surface area contributed by atoms with Crippen molar-refractivity contribution in [2.45, 2.75) is 6.92 Å². The van der Waals surface area contributed by atoms with Crippen LogP contribution in [0.15, 0.2) is 24.5 Å². The number of carbonyl (C=O) groups excluding carboxylic acids is 1. The van der Waals surface area contributed by atoms with E-state index in [1.807, 2.05) is 0 Å². The molecule has 1 heterocycles. The highest BCUT2D eigenvalue weighted by Gasteiger charge is 2.14. The lowest BCUT2D eigenvalue weighted by molar-refractivity contribution is 0.0528. The maximum absolute atomic E-state index is 11.9. The van der Waals surface area contributed by atoms with Gasteiger partial charge in [0.25, 0.3) is 0 Å². The molecule has 0 saturated heterocycles. The summed E-state index contributed by atoms with van der Waals surface area (Å²) in [6.07, 6.45) is 3.16. The van der Waals surface area contributed by atoms with E-state index in [2.05, 4.69) is 4.98 Å². The van der Waals surface area contributed by atoms with Gasteiger partial charge < -0.3 is 14.2 Å². The summed E-state index contributed by atoms with van der Waals surface area (Å²) >= 11 is 0. The van der Waals surface area contributed by atoms with Gasteiger partial charge >= 0.3 is 5.97 Å². The number of aromatic nitrogens is 1. The second-order valence-corrected chi connectivity index (χ2v) is 3.84. The predicted octanol–water partition coefficient (Wildman–Crippen LogP) is 2.43. The molecule has 1 aromatic carbocycles. The first-order valence-corrected chi connectivity index (χ1v) is 5.88. The van der Waals surface area contributed by atoms with Crippen molar-refractivity contribution in [3.8, 4) is 11.5 Å². The maximum Gasteiger partial charge on any atom is 0.340 e. The zero-order chi connectivity index (χ0) is 13.8. The minimum absolute atomic E-state index is 0.322. The zero-order valence-corrected chi connectivity index (χ0v) is 11.1. The third kappa shape index (κ3) is 2.45. The molecule has 2 aromatic rings. The average molecular weight is 261 g/mol. The van der Waals surface area contributed by atoms with Crippen LogP contribution in [-0.4, -0.2) is 31.8 Å². The van der Waals surface area contributed by atoms with Gasteiger partial charge in [0, 0.05) is 23.2 Å². The lowest BCUT2D eigenvalue weighted by atomic mass is 10.1. The van der Waals surface area contributed by atoms with Gasteiger partial charge in [-0.25, -0.2) is 4.79 Å². The van der Waals surface area contributed by atoms with Crippen LogP contribution < -0.4 is 9.47 Å². The van der Waals surface area contributed by atoms with Gasteiger partial charge in [-0.2, -0.15) is 0 Å². The number of nitrogens with zero attached hydrogens (tertiary/aromatic N) is 1. The number of benzene rings is 1. The standard InChI is InChI=1S/C14H15NO4/c1-4-19-14(16)11-8-15-7-9-5-12(17-2)13(18-3)6-10(9)11/h5-8H,4H2,1-3H3. The molecule has 2 rings (SSSR count). The van der Waals surface area contributed by atoms with Crippen molar-refractivity contribution in [1.29, 1.82) is 0 Å². The molecule has 19 heavy (non-hydrogen) atoms. The van der Waals surface area contributed by atoms with Crippen LogP contribution in [0.2, 0.25) is 0 Å². The van der Waals surface area contributed by atoms with Crippen LogP contribution in [0.5, 0.6) is 11.5 Å². The quantitative estimate of drug-likeness (QED) is 0.791. The Morgan fingerprint density at radius 1 is 1.16 bits per heavy atom. The van der Waals surface area contributed by atoms with E-state index in [4.69, 9.17) is 14.2 Å². The lowest BCUT2D eigenvalue weighted by Gasteiger charge is -2.11. The van der Waals surface area contributed by atoms with Crippen LogP contribution >= 0.6 is 0 Å². The van der Waals surface area contributed by atoms with Crippen molar-refractivity contribution < 1.29 is 19.0 Å². The third-order valence-electron chi connectivity index (χ3n) is 2.76. The molecule has 0 radical (unpaired) electrons. The van der Waals surface area contributed by atoms with E-state index in [1.54, 1.807) is 39.5 Å². The fourth-order valence-electron chi connectivity index (χ4n) is 1.87. The third-order valence-corrected chi connectivity index (χ3v) is 2.76. The highest BCUT2D eigenvalue weighted by molar-refractivity contribution is 6.04. The Morgan fingerprint density at radius 3 is 2.47 bits per heavy atom. The first kappa shape index (κ1) is 13.1.